The molecule has 0 heterocycles. The standard InChI is InChI=1S/C15H21N3O3/c16-14(18-20)11-4-3-5-12(10-11)15(19)17-8-9-21-13-6-1-2-7-13/h3-5,10,13,20H,1-2,6-9H2,(H2,16,18)(H,17,19). The molecule has 21 heavy (non-hydrogen) atoms. The molecule has 0 bridgehead atoms. The Balaban J connectivity index is 1.79. The van der Waals surface area contributed by atoms with Crippen LogP contribution in [0.25, 0.3) is 0 Å². The topological polar surface area (TPSA) is 96.9 Å². The molecule has 0 atom stereocenters. The minimum Gasteiger partial charge on any atom is -0.409 e. The van der Waals surface area contributed by atoms with Crippen LogP contribution in [-0.4, -0.2) is 36.2 Å². The van der Waals surface area contributed by atoms with Gasteiger partial charge < -0.3 is 21.0 Å². The van der Waals surface area contributed by atoms with E-state index in [1.165, 1.54) is 12.8 Å². The van der Waals surface area contributed by atoms with Gasteiger partial charge >= 0.3 is 0 Å². The molecule has 2 rings (SSSR count). The first-order valence-corrected chi connectivity index (χ1v) is 7.18. The molecule has 4 N–H and O–H groups in total. The summed E-state index contributed by atoms with van der Waals surface area (Å²) in [5, 5.41) is 14.4. The monoisotopic (exact) mass is 291 g/mol. The highest BCUT2D eigenvalue weighted by molar-refractivity contribution is 6.01. The van der Waals surface area contributed by atoms with Crippen LogP contribution in [0.15, 0.2) is 29.4 Å². The molecule has 0 radical (unpaired) electrons. The summed E-state index contributed by atoms with van der Waals surface area (Å²) in [5.74, 6) is -0.216. The first-order valence-electron chi connectivity index (χ1n) is 7.18. The maximum Gasteiger partial charge on any atom is 0.251 e. The molecule has 1 aliphatic carbocycles. The molecule has 0 spiro atoms. The van der Waals surface area contributed by atoms with E-state index in [0.717, 1.165) is 12.8 Å². The molecular formula is C15H21N3O3. The van der Waals surface area contributed by atoms with Crippen LogP contribution in [0.3, 0.4) is 0 Å². The van der Waals surface area contributed by atoms with Crippen LogP contribution in [0, 0.1) is 0 Å². The van der Waals surface area contributed by atoms with Crippen molar-refractivity contribution < 1.29 is 14.7 Å². The molecule has 0 aliphatic heterocycles. The van der Waals surface area contributed by atoms with Crippen LogP contribution in [0.2, 0.25) is 0 Å². The molecule has 1 aromatic rings. The number of amidine groups is 1. The SMILES string of the molecule is NC(=NO)c1cccc(C(=O)NCCOC2CCCC2)c1. The van der Waals surface area contributed by atoms with Gasteiger partial charge in [0, 0.05) is 17.7 Å². The number of amides is 1. The number of benzene rings is 1. The lowest BCUT2D eigenvalue weighted by Gasteiger charge is -2.11. The molecule has 0 aromatic heterocycles. The Bertz CT molecular complexity index is 511. The number of hydrogen-bond donors (Lipinski definition) is 3. The lowest BCUT2D eigenvalue weighted by Crippen LogP contribution is -2.28. The highest BCUT2D eigenvalue weighted by Crippen LogP contribution is 2.20. The van der Waals surface area contributed by atoms with Crippen LogP contribution < -0.4 is 11.1 Å². The Hall–Kier alpha value is -2.08. The van der Waals surface area contributed by atoms with Gasteiger partial charge in [0.25, 0.3) is 5.91 Å². The lowest BCUT2D eigenvalue weighted by molar-refractivity contribution is 0.0582. The summed E-state index contributed by atoms with van der Waals surface area (Å²) in [6, 6.07) is 6.63. The van der Waals surface area contributed by atoms with Gasteiger partial charge in [-0.1, -0.05) is 30.1 Å². The molecule has 1 saturated carbocycles. The van der Waals surface area contributed by atoms with E-state index in [0.29, 0.717) is 30.4 Å². The Morgan fingerprint density at radius 1 is 1.38 bits per heavy atom. The summed E-state index contributed by atoms with van der Waals surface area (Å²) < 4.78 is 5.68. The van der Waals surface area contributed by atoms with Gasteiger partial charge in [-0.3, -0.25) is 4.79 Å². The van der Waals surface area contributed by atoms with Crippen molar-refractivity contribution in [2.75, 3.05) is 13.2 Å². The lowest BCUT2D eigenvalue weighted by atomic mass is 10.1. The number of nitrogens with zero attached hydrogens (tertiary/aromatic N) is 1. The molecule has 0 unspecified atom stereocenters. The van der Waals surface area contributed by atoms with Gasteiger partial charge in [-0.15, -0.1) is 0 Å². The zero-order chi connectivity index (χ0) is 15.1. The van der Waals surface area contributed by atoms with E-state index in [1.807, 2.05) is 0 Å². The van der Waals surface area contributed by atoms with Gasteiger partial charge in [0.05, 0.1) is 12.7 Å². The van der Waals surface area contributed by atoms with E-state index in [4.69, 9.17) is 15.7 Å². The molecule has 1 fully saturated rings. The molecule has 0 saturated heterocycles. The zero-order valence-electron chi connectivity index (χ0n) is 11.9. The molecule has 1 aromatic carbocycles. The van der Waals surface area contributed by atoms with Crippen molar-refractivity contribution in [3.8, 4) is 0 Å². The Morgan fingerprint density at radius 3 is 2.81 bits per heavy atom. The van der Waals surface area contributed by atoms with E-state index >= 15 is 0 Å². The van der Waals surface area contributed by atoms with Crippen LogP contribution >= 0.6 is 0 Å². The first kappa shape index (κ1) is 15.3. The van der Waals surface area contributed by atoms with Crippen molar-refractivity contribution in [1.29, 1.82) is 0 Å². The van der Waals surface area contributed by atoms with Crippen molar-refractivity contribution in [1.82, 2.24) is 5.32 Å². The predicted octanol–water partition coefficient (Wildman–Crippen LogP) is 1.47. The van der Waals surface area contributed by atoms with Crippen LogP contribution in [0.1, 0.15) is 41.6 Å². The fourth-order valence-electron chi connectivity index (χ4n) is 2.42. The number of hydrogen-bond acceptors (Lipinski definition) is 4. The number of nitrogens with one attached hydrogen (secondary N) is 1. The van der Waals surface area contributed by atoms with Crippen LogP contribution in [0.5, 0.6) is 0 Å². The van der Waals surface area contributed by atoms with E-state index in [-0.39, 0.29) is 11.7 Å². The van der Waals surface area contributed by atoms with Gasteiger partial charge in [-0.05, 0) is 25.0 Å². The number of ether oxygens (including phenoxy) is 1. The number of carbonyl (C=O) groups is 1. The van der Waals surface area contributed by atoms with Gasteiger partial charge in [0.2, 0.25) is 0 Å². The average Bonchev–Trinajstić information content (AvgIpc) is 3.04. The van der Waals surface area contributed by atoms with Crippen LogP contribution in [-0.2, 0) is 4.74 Å². The average molecular weight is 291 g/mol. The third-order valence-electron chi connectivity index (χ3n) is 3.57. The van der Waals surface area contributed by atoms with Crippen molar-refractivity contribution >= 4 is 11.7 Å². The molecule has 1 amide bonds. The fraction of sp³-hybridized carbons (Fsp3) is 0.467. The molecular weight excluding hydrogens is 270 g/mol. The summed E-state index contributed by atoms with van der Waals surface area (Å²) in [6.45, 7) is 0.999. The third kappa shape index (κ3) is 4.46. The van der Waals surface area contributed by atoms with E-state index in [9.17, 15) is 4.79 Å². The summed E-state index contributed by atoms with van der Waals surface area (Å²) in [6.07, 6.45) is 5.06. The van der Waals surface area contributed by atoms with Crippen molar-refractivity contribution in [3.63, 3.8) is 0 Å². The van der Waals surface area contributed by atoms with Crippen molar-refractivity contribution in [3.05, 3.63) is 35.4 Å². The second-order valence-electron chi connectivity index (χ2n) is 5.10. The number of oxime groups is 1. The zero-order valence-corrected chi connectivity index (χ0v) is 11.9. The minimum absolute atomic E-state index is 0.0192. The first-order chi connectivity index (χ1) is 10.2. The van der Waals surface area contributed by atoms with Gasteiger partial charge in [-0.25, -0.2) is 0 Å². The van der Waals surface area contributed by atoms with Gasteiger partial charge in [0.1, 0.15) is 0 Å². The van der Waals surface area contributed by atoms with Gasteiger partial charge in [-0.2, -0.15) is 0 Å². The second-order valence-corrected chi connectivity index (χ2v) is 5.10. The highest BCUT2D eigenvalue weighted by Gasteiger charge is 2.15. The fourth-order valence-corrected chi connectivity index (χ4v) is 2.42. The Kier molecular flexibility index (Phi) is 5.57. The molecule has 6 nitrogen and oxygen atoms in total. The van der Waals surface area contributed by atoms with Crippen molar-refractivity contribution in [2.45, 2.75) is 31.8 Å². The predicted molar refractivity (Wildman–Crippen MR) is 79.5 cm³/mol. The summed E-state index contributed by atoms with van der Waals surface area (Å²) in [5.41, 5.74) is 6.48. The summed E-state index contributed by atoms with van der Waals surface area (Å²) in [7, 11) is 0. The Morgan fingerprint density at radius 2 is 2.10 bits per heavy atom. The van der Waals surface area contributed by atoms with E-state index < -0.39 is 0 Å². The molecule has 6 heteroatoms. The normalized spacial score (nSPS) is 16.1. The summed E-state index contributed by atoms with van der Waals surface area (Å²) in [4.78, 5) is 12.0. The molecule has 1 aliphatic rings. The smallest absolute Gasteiger partial charge is 0.251 e. The second kappa shape index (κ2) is 7.64. The Labute approximate surface area is 124 Å². The number of nitrogens with two attached hydrogens (primary N) is 1. The number of rotatable bonds is 6. The highest BCUT2D eigenvalue weighted by atomic mass is 16.5. The minimum atomic E-state index is -0.197. The maximum absolute atomic E-state index is 12.0. The van der Waals surface area contributed by atoms with E-state index in [2.05, 4.69) is 10.5 Å². The largest absolute Gasteiger partial charge is 0.409 e. The van der Waals surface area contributed by atoms with Gasteiger partial charge in [0.15, 0.2) is 5.84 Å². The maximum atomic E-state index is 12.0. The molecule has 114 valence electrons. The van der Waals surface area contributed by atoms with E-state index in [1.54, 1.807) is 24.3 Å². The third-order valence-corrected chi connectivity index (χ3v) is 3.57. The summed E-state index contributed by atoms with van der Waals surface area (Å²) >= 11 is 0. The quantitative estimate of drug-likeness (QED) is 0.243. The number of carbonyl (C=O) groups excluding carboxylic acids is 1. The van der Waals surface area contributed by atoms with Crippen molar-refractivity contribution in [2.24, 2.45) is 10.9 Å². The van der Waals surface area contributed by atoms with Crippen LogP contribution in [0.4, 0.5) is 0 Å².